The predicted molar refractivity (Wildman–Crippen MR) is 88.0 cm³/mol. The van der Waals surface area contributed by atoms with Crippen molar-refractivity contribution in [3.8, 4) is 0 Å². The van der Waals surface area contributed by atoms with E-state index in [0.29, 0.717) is 5.96 Å². The van der Waals surface area contributed by atoms with Gasteiger partial charge in [-0.2, -0.15) is 0 Å². The summed E-state index contributed by atoms with van der Waals surface area (Å²) in [7, 11) is 0. The van der Waals surface area contributed by atoms with Crippen LogP contribution in [0.25, 0.3) is 0 Å². The van der Waals surface area contributed by atoms with E-state index in [1.807, 2.05) is 42.5 Å². The van der Waals surface area contributed by atoms with Crippen LogP contribution in [0.3, 0.4) is 0 Å². The van der Waals surface area contributed by atoms with Crippen molar-refractivity contribution < 1.29 is 0 Å². The third kappa shape index (κ3) is 3.82. The lowest BCUT2D eigenvalue weighted by Gasteiger charge is -2.10. The van der Waals surface area contributed by atoms with Gasteiger partial charge in [-0.15, -0.1) is 0 Å². The predicted octanol–water partition coefficient (Wildman–Crippen LogP) is 3.57. The molecule has 4 nitrogen and oxygen atoms in total. The molecule has 0 heterocycles. The third-order valence-corrected chi connectivity index (χ3v) is 3.32. The maximum absolute atomic E-state index is 5.54. The Morgan fingerprint density at radius 3 is 2.60 bits per heavy atom. The molecule has 0 radical (unpaired) electrons. The van der Waals surface area contributed by atoms with Gasteiger partial charge < -0.3 is 5.32 Å². The van der Waals surface area contributed by atoms with Crippen molar-refractivity contribution in [2.75, 3.05) is 5.32 Å². The summed E-state index contributed by atoms with van der Waals surface area (Å²) in [6.45, 7) is 2.10. The number of aryl methyl sites for hydroxylation is 1. The maximum Gasteiger partial charge on any atom is 0.215 e. The standard InChI is InChI=1S/C15H17BrN4/c1-2-11-10-12(16)8-9-14(11)19-15(20-17)18-13-6-4-3-5-7-13/h3-10H,2,17H2,1H3,(H2,18,19,20). The van der Waals surface area contributed by atoms with Gasteiger partial charge in [-0.25, -0.2) is 10.8 Å². The highest BCUT2D eigenvalue weighted by Crippen LogP contribution is 2.24. The van der Waals surface area contributed by atoms with E-state index in [9.17, 15) is 0 Å². The van der Waals surface area contributed by atoms with Crippen LogP contribution in [0.1, 0.15) is 12.5 Å². The topological polar surface area (TPSA) is 62.4 Å². The summed E-state index contributed by atoms with van der Waals surface area (Å²) in [5.74, 6) is 6.04. The highest BCUT2D eigenvalue weighted by atomic mass is 79.9. The molecule has 0 spiro atoms. The number of nitrogens with two attached hydrogens (primary N) is 1. The first-order chi connectivity index (χ1) is 9.72. The van der Waals surface area contributed by atoms with Gasteiger partial charge in [0.25, 0.3) is 0 Å². The Labute approximate surface area is 127 Å². The third-order valence-electron chi connectivity index (χ3n) is 2.83. The van der Waals surface area contributed by atoms with E-state index in [2.05, 4.69) is 44.7 Å². The SMILES string of the molecule is CCc1cc(Br)ccc1N=C(NN)Nc1ccccc1. The van der Waals surface area contributed by atoms with Crippen LogP contribution in [0.2, 0.25) is 0 Å². The number of hydrogen-bond donors (Lipinski definition) is 3. The van der Waals surface area contributed by atoms with E-state index < -0.39 is 0 Å². The zero-order chi connectivity index (χ0) is 14.4. The largest absolute Gasteiger partial charge is 0.325 e. The fraction of sp³-hybridized carbons (Fsp3) is 0.133. The number of para-hydroxylation sites is 1. The minimum atomic E-state index is 0.508. The van der Waals surface area contributed by atoms with Crippen LogP contribution in [0.4, 0.5) is 11.4 Å². The summed E-state index contributed by atoms with van der Waals surface area (Å²) >= 11 is 3.47. The zero-order valence-electron chi connectivity index (χ0n) is 11.2. The molecule has 0 bridgehead atoms. The highest BCUT2D eigenvalue weighted by Gasteiger charge is 2.03. The van der Waals surface area contributed by atoms with E-state index >= 15 is 0 Å². The maximum atomic E-state index is 5.54. The zero-order valence-corrected chi connectivity index (χ0v) is 12.8. The Morgan fingerprint density at radius 1 is 1.20 bits per heavy atom. The van der Waals surface area contributed by atoms with Gasteiger partial charge in [0.2, 0.25) is 5.96 Å². The number of guanidine groups is 1. The van der Waals surface area contributed by atoms with Crippen molar-refractivity contribution >= 4 is 33.3 Å². The number of rotatable bonds is 3. The Bertz CT molecular complexity index is 596. The van der Waals surface area contributed by atoms with Crippen molar-refractivity contribution in [2.45, 2.75) is 13.3 Å². The molecule has 2 rings (SSSR count). The Kier molecular flexibility index (Phi) is 5.15. The smallest absolute Gasteiger partial charge is 0.215 e. The lowest BCUT2D eigenvalue weighted by molar-refractivity contribution is 1.01. The molecule has 2 aromatic carbocycles. The molecule has 0 aliphatic carbocycles. The molecule has 104 valence electrons. The number of hydrogen-bond acceptors (Lipinski definition) is 2. The number of hydrazine groups is 1. The van der Waals surface area contributed by atoms with Gasteiger partial charge in [0.05, 0.1) is 5.69 Å². The summed E-state index contributed by atoms with van der Waals surface area (Å²) in [4.78, 5) is 4.53. The highest BCUT2D eigenvalue weighted by molar-refractivity contribution is 9.10. The summed E-state index contributed by atoms with van der Waals surface area (Å²) < 4.78 is 1.05. The van der Waals surface area contributed by atoms with Crippen LogP contribution in [0, 0.1) is 0 Å². The van der Waals surface area contributed by atoms with Crippen molar-refractivity contribution in [1.82, 2.24) is 5.43 Å². The van der Waals surface area contributed by atoms with Crippen molar-refractivity contribution in [3.63, 3.8) is 0 Å². The normalized spacial score (nSPS) is 11.2. The van der Waals surface area contributed by atoms with Crippen LogP contribution in [-0.2, 0) is 6.42 Å². The van der Waals surface area contributed by atoms with Crippen molar-refractivity contribution in [2.24, 2.45) is 10.8 Å². The van der Waals surface area contributed by atoms with Crippen LogP contribution in [0.15, 0.2) is 58.0 Å². The summed E-state index contributed by atoms with van der Waals surface area (Å²) in [6.07, 6.45) is 0.904. The number of nitrogens with zero attached hydrogens (tertiary/aromatic N) is 1. The molecule has 0 unspecified atom stereocenters. The molecule has 0 aliphatic rings. The molecule has 0 atom stereocenters. The molecule has 4 N–H and O–H groups in total. The van der Waals surface area contributed by atoms with Crippen LogP contribution in [0.5, 0.6) is 0 Å². The van der Waals surface area contributed by atoms with E-state index in [1.165, 1.54) is 0 Å². The molecule has 5 heteroatoms. The second-order valence-electron chi connectivity index (χ2n) is 4.22. The summed E-state index contributed by atoms with van der Waals surface area (Å²) in [5.41, 5.74) is 5.57. The van der Waals surface area contributed by atoms with Crippen molar-refractivity contribution in [1.29, 1.82) is 0 Å². The van der Waals surface area contributed by atoms with Crippen LogP contribution < -0.4 is 16.6 Å². The van der Waals surface area contributed by atoms with Gasteiger partial charge in [0, 0.05) is 10.2 Å². The van der Waals surface area contributed by atoms with E-state index in [0.717, 1.165) is 27.8 Å². The van der Waals surface area contributed by atoms with Crippen LogP contribution in [-0.4, -0.2) is 5.96 Å². The van der Waals surface area contributed by atoms with E-state index in [4.69, 9.17) is 5.84 Å². The first-order valence-electron chi connectivity index (χ1n) is 6.38. The average Bonchev–Trinajstić information content (AvgIpc) is 2.49. The summed E-state index contributed by atoms with van der Waals surface area (Å²) in [6, 6.07) is 15.8. The lowest BCUT2D eigenvalue weighted by Crippen LogP contribution is -2.36. The monoisotopic (exact) mass is 332 g/mol. The minimum absolute atomic E-state index is 0.508. The molecule has 20 heavy (non-hydrogen) atoms. The lowest BCUT2D eigenvalue weighted by atomic mass is 10.1. The second kappa shape index (κ2) is 7.07. The molecule has 0 fully saturated rings. The molecule has 2 aromatic rings. The second-order valence-corrected chi connectivity index (χ2v) is 5.14. The fourth-order valence-corrected chi connectivity index (χ4v) is 2.23. The Morgan fingerprint density at radius 2 is 1.95 bits per heavy atom. The molecule has 0 saturated heterocycles. The molecule has 0 aliphatic heterocycles. The number of anilines is 1. The van der Waals surface area contributed by atoms with Gasteiger partial charge >= 0.3 is 0 Å². The van der Waals surface area contributed by atoms with Gasteiger partial charge in [-0.3, -0.25) is 5.43 Å². The molecule has 0 aromatic heterocycles. The molecular weight excluding hydrogens is 316 g/mol. The van der Waals surface area contributed by atoms with Gasteiger partial charge in [0.15, 0.2) is 0 Å². The number of benzene rings is 2. The van der Waals surface area contributed by atoms with Crippen LogP contribution >= 0.6 is 15.9 Å². The number of nitrogens with one attached hydrogen (secondary N) is 2. The van der Waals surface area contributed by atoms with Gasteiger partial charge in [-0.05, 0) is 42.3 Å². The average molecular weight is 333 g/mol. The Hall–Kier alpha value is -1.85. The van der Waals surface area contributed by atoms with Crippen molar-refractivity contribution in [3.05, 3.63) is 58.6 Å². The quantitative estimate of drug-likeness (QED) is 0.348. The first-order valence-corrected chi connectivity index (χ1v) is 7.18. The number of halogens is 1. The van der Waals surface area contributed by atoms with E-state index in [-0.39, 0.29) is 0 Å². The number of aliphatic imine (C=N–C) groups is 1. The molecule has 0 saturated carbocycles. The van der Waals surface area contributed by atoms with Gasteiger partial charge in [-0.1, -0.05) is 41.1 Å². The minimum Gasteiger partial charge on any atom is -0.325 e. The van der Waals surface area contributed by atoms with Gasteiger partial charge in [0.1, 0.15) is 0 Å². The first kappa shape index (κ1) is 14.6. The molecule has 0 amide bonds. The molecular formula is C15H17BrN4. The Balaban J connectivity index is 2.27. The summed E-state index contributed by atoms with van der Waals surface area (Å²) in [5, 5.41) is 3.15. The van der Waals surface area contributed by atoms with E-state index in [1.54, 1.807) is 0 Å². The fourth-order valence-electron chi connectivity index (χ4n) is 1.82.